The van der Waals surface area contributed by atoms with E-state index in [0.717, 1.165) is 0 Å². The van der Waals surface area contributed by atoms with Crippen molar-refractivity contribution in [1.82, 2.24) is 4.90 Å². The minimum Gasteiger partial charge on any atom is -0.506 e. The molecule has 0 spiro atoms. The van der Waals surface area contributed by atoms with E-state index >= 15 is 0 Å². The lowest BCUT2D eigenvalue weighted by molar-refractivity contribution is -0.141. The second-order valence-electron chi connectivity index (χ2n) is 4.28. The van der Waals surface area contributed by atoms with Gasteiger partial charge in [0, 0.05) is 12.1 Å². The average molecular weight is 393 g/mol. The number of hydrogen-bond donors (Lipinski definition) is 2. The molecule has 1 aliphatic heterocycles. The van der Waals surface area contributed by atoms with Gasteiger partial charge in [-0.3, -0.25) is 4.79 Å². The highest BCUT2D eigenvalue weighted by atomic mass is 79.9. The van der Waals surface area contributed by atoms with Gasteiger partial charge in [-0.15, -0.1) is 0 Å². The molecule has 19 heavy (non-hydrogen) atoms. The third-order valence-electron chi connectivity index (χ3n) is 3.06. The number of phenols is 1. The van der Waals surface area contributed by atoms with Gasteiger partial charge in [0.15, 0.2) is 0 Å². The van der Waals surface area contributed by atoms with Crippen molar-refractivity contribution in [3.63, 3.8) is 0 Å². The highest BCUT2D eigenvalue weighted by molar-refractivity contribution is 9.11. The van der Waals surface area contributed by atoms with E-state index in [4.69, 9.17) is 5.11 Å². The fourth-order valence-electron chi connectivity index (χ4n) is 2.12. The highest BCUT2D eigenvalue weighted by Crippen LogP contribution is 2.34. The van der Waals surface area contributed by atoms with Crippen LogP contribution in [0.2, 0.25) is 0 Å². The SMILES string of the molecule is O=C(O)[C@H]1CCCN1C(=O)c1cc(Br)c(O)c(Br)c1. The fourth-order valence-corrected chi connectivity index (χ4v) is 3.31. The summed E-state index contributed by atoms with van der Waals surface area (Å²) in [4.78, 5) is 24.8. The zero-order valence-electron chi connectivity index (χ0n) is 9.77. The summed E-state index contributed by atoms with van der Waals surface area (Å²) in [5, 5.41) is 18.7. The maximum absolute atomic E-state index is 12.3. The number of carbonyl (C=O) groups is 2. The van der Waals surface area contributed by atoms with Crippen LogP contribution in [0, 0.1) is 0 Å². The molecule has 0 saturated carbocycles. The van der Waals surface area contributed by atoms with Crippen molar-refractivity contribution in [2.75, 3.05) is 6.54 Å². The number of aromatic hydroxyl groups is 1. The molecule has 1 aromatic rings. The smallest absolute Gasteiger partial charge is 0.326 e. The molecule has 1 saturated heterocycles. The van der Waals surface area contributed by atoms with E-state index in [1.54, 1.807) is 0 Å². The minimum atomic E-state index is -0.984. The Kier molecular flexibility index (Phi) is 4.15. The topological polar surface area (TPSA) is 77.8 Å². The first-order chi connectivity index (χ1) is 8.91. The lowest BCUT2D eigenvalue weighted by Gasteiger charge is -2.21. The van der Waals surface area contributed by atoms with Gasteiger partial charge in [0.2, 0.25) is 0 Å². The number of rotatable bonds is 2. The van der Waals surface area contributed by atoms with E-state index in [0.29, 0.717) is 33.9 Å². The van der Waals surface area contributed by atoms with Crippen LogP contribution in [0.3, 0.4) is 0 Å². The van der Waals surface area contributed by atoms with Crippen LogP contribution in [-0.4, -0.2) is 39.6 Å². The summed E-state index contributed by atoms with van der Waals surface area (Å²) in [7, 11) is 0. The maximum Gasteiger partial charge on any atom is 0.326 e. The van der Waals surface area contributed by atoms with Crippen LogP contribution in [0.1, 0.15) is 23.2 Å². The number of aliphatic carboxylic acids is 1. The quantitative estimate of drug-likeness (QED) is 0.810. The maximum atomic E-state index is 12.3. The van der Waals surface area contributed by atoms with Crippen LogP contribution in [0.5, 0.6) is 5.75 Å². The molecule has 1 aromatic carbocycles. The molecule has 0 unspecified atom stereocenters. The molecule has 1 heterocycles. The van der Waals surface area contributed by atoms with Crippen molar-refractivity contribution < 1.29 is 19.8 Å². The van der Waals surface area contributed by atoms with E-state index in [-0.39, 0.29) is 11.7 Å². The van der Waals surface area contributed by atoms with Crippen molar-refractivity contribution in [2.24, 2.45) is 0 Å². The molecular formula is C12H11Br2NO4. The van der Waals surface area contributed by atoms with Crippen LogP contribution < -0.4 is 0 Å². The lowest BCUT2D eigenvalue weighted by Crippen LogP contribution is -2.40. The number of carbonyl (C=O) groups excluding carboxylic acids is 1. The number of halogens is 2. The monoisotopic (exact) mass is 391 g/mol. The Morgan fingerprint density at radius 3 is 2.37 bits per heavy atom. The van der Waals surface area contributed by atoms with Gasteiger partial charge in [0.1, 0.15) is 11.8 Å². The molecule has 102 valence electrons. The van der Waals surface area contributed by atoms with Gasteiger partial charge in [0.25, 0.3) is 5.91 Å². The van der Waals surface area contributed by atoms with E-state index < -0.39 is 12.0 Å². The Balaban J connectivity index is 2.32. The Bertz CT molecular complexity index is 524. The van der Waals surface area contributed by atoms with Crippen molar-refractivity contribution in [3.8, 4) is 5.75 Å². The normalized spacial score (nSPS) is 18.6. The fraction of sp³-hybridized carbons (Fsp3) is 0.333. The summed E-state index contributed by atoms with van der Waals surface area (Å²) in [6.45, 7) is 0.436. The van der Waals surface area contributed by atoms with Crippen LogP contribution in [0.15, 0.2) is 21.1 Å². The zero-order chi connectivity index (χ0) is 14.2. The van der Waals surface area contributed by atoms with Crippen molar-refractivity contribution in [1.29, 1.82) is 0 Å². The number of nitrogens with zero attached hydrogens (tertiary/aromatic N) is 1. The van der Waals surface area contributed by atoms with Gasteiger partial charge in [-0.25, -0.2) is 4.79 Å². The molecule has 2 N–H and O–H groups in total. The Morgan fingerprint density at radius 2 is 1.84 bits per heavy atom. The second kappa shape index (κ2) is 5.50. The van der Waals surface area contributed by atoms with Gasteiger partial charge in [-0.05, 0) is 56.8 Å². The van der Waals surface area contributed by atoms with Crippen LogP contribution in [-0.2, 0) is 4.79 Å². The summed E-state index contributed by atoms with van der Waals surface area (Å²) in [6, 6.07) is 2.21. The van der Waals surface area contributed by atoms with Gasteiger partial charge in [0.05, 0.1) is 8.95 Å². The van der Waals surface area contributed by atoms with Gasteiger partial charge >= 0.3 is 5.97 Å². The average Bonchev–Trinajstić information content (AvgIpc) is 2.83. The standard InChI is InChI=1S/C12H11Br2NO4/c13-7-4-6(5-8(14)10(7)16)11(17)15-3-1-2-9(15)12(18)19/h4-5,9,16H,1-3H2,(H,18,19)/t9-/m1/s1. The number of carboxylic acids is 1. The summed E-state index contributed by atoms with van der Waals surface area (Å²) >= 11 is 6.30. The first kappa shape index (κ1) is 14.3. The van der Waals surface area contributed by atoms with Gasteiger partial charge < -0.3 is 15.1 Å². The molecule has 0 bridgehead atoms. The van der Waals surface area contributed by atoms with E-state index in [9.17, 15) is 14.7 Å². The predicted molar refractivity (Wildman–Crippen MR) is 75.2 cm³/mol. The van der Waals surface area contributed by atoms with E-state index in [2.05, 4.69) is 31.9 Å². The molecule has 1 amide bonds. The zero-order valence-corrected chi connectivity index (χ0v) is 12.9. The molecule has 0 radical (unpaired) electrons. The summed E-state index contributed by atoms with van der Waals surface area (Å²) < 4.78 is 0.771. The molecule has 1 aliphatic rings. The summed E-state index contributed by atoms with van der Waals surface area (Å²) in [6.07, 6.45) is 1.16. The first-order valence-corrected chi connectivity index (χ1v) is 7.22. The largest absolute Gasteiger partial charge is 0.506 e. The number of carboxylic acid groups (broad SMARTS) is 1. The molecule has 1 atom stereocenters. The van der Waals surface area contributed by atoms with Crippen molar-refractivity contribution in [2.45, 2.75) is 18.9 Å². The Labute approximate surface area is 126 Å². The molecular weight excluding hydrogens is 382 g/mol. The Morgan fingerprint density at radius 1 is 1.26 bits per heavy atom. The lowest BCUT2D eigenvalue weighted by atomic mass is 10.1. The third kappa shape index (κ3) is 2.76. The van der Waals surface area contributed by atoms with E-state index in [1.807, 2.05) is 0 Å². The highest BCUT2D eigenvalue weighted by Gasteiger charge is 2.34. The van der Waals surface area contributed by atoms with Crippen molar-refractivity contribution in [3.05, 3.63) is 26.6 Å². The number of phenolic OH excluding ortho intramolecular Hbond substituents is 1. The second-order valence-corrected chi connectivity index (χ2v) is 5.99. The van der Waals surface area contributed by atoms with Crippen LogP contribution in [0.25, 0.3) is 0 Å². The van der Waals surface area contributed by atoms with Crippen LogP contribution in [0.4, 0.5) is 0 Å². The third-order valence-corrected chi connectivity index (χ3v) is 4.27. The van der Waals surface area contributed by atoms with E-state index in [1.165, 1.54) is 17.0 Å². The van der Waals surface area contributed by atoms with Gasteiger partial charge in [-0.2, -0.15) is 0 Å². The molecule has 0 aromatic heterocycles. The Hall–Kier alpha value is -1.08. The molecule has 5 nitrogen and oxygen atoms in total. The molecule has 0 aliphatic carbocycles. The summed E-state index contributed by atoms with van der Waals surface area (Å²) in [5.74, 6) is -1.32. The number of benzene rings is 1. The van der Waals surface area contributed by atoms with Crippen LogP contribution >= 0.6 is 31.9 Å². The van der Waals surface area contributed by atoms with Crippen molar-refractivity contribution >= 4 is 43.7 Å². The predicted octanol–water partition coefficient (Wildman–Crippen LogP) is 2.61. The number of likely N-dealkylation sites (tertiary alicyclic amines) is 1. The number of hydrogen-bond acceptors (Lipinski definition) is 3. The molecule has 1 fully saturated rings. The molecule has 2 rings (SSSR count). The molecule has 7 heteroatoms. The minimum absolute atomic E-state index is 0.00718. The van der Waals surface area contributed by atoms with Gasteiger partial charge in [-0.1, -0.05) is 0 Å². The summed E-state index contributed by atoms with van der Waals surface area (Å²) in [5.41, 5.74) is 0.338. The first-order valence-electron chi connectivity index (χ1n) is 5.63. The number of amides is 1.